The number of nitrogens with zero attached hydrogens (tertiary/aromatic N) is 2. The van der Waals surface area contributed by atoms with E-state index in [9.17, 15) is 9.59 Å². The predicted octanol–water partition coefficient (Wildman–Crippen LogP) is 4.59. The summed E-state index contributed by atoms with van der Waals surface area (Å²) in [7, 11) is 0. The van der Waals surface area contributed by atoms with Crippen molar-refractivity contribution in [2.75, 3.05) is 10.7 Å². The Morgan fingerprint density at radius 3 is 1.86 bits per heavy atom. The van der Waals surface area contributed by atoms with Gasteiger partial charge in [-0.05, 0) is 44.9 Å². The lowest BCUT2D eigenvalue weighted by atomic mass is 10.1. The highest BCUT2D eigenvalue weighted by Gasteiger charge is 2.11. The zero-order valence-corrected chi connectivity index (χ0v) is 21.2. The molecule has 5 rings (SSSR count). The highest BCUT2D eigenvalue weighted by molar-refractivity contribution is 7.80. The Bertz CT molecular complexity index is 1620. The summed E-state index contributed by atoms with van der Waals surface area (Å²) in [6.07, 6.45) is 0.414. The molecular weight excluding hydrogens is 504 g/mol. The van der Waals surface area contributed by atoms with Gasteiger partial charge in [0.15, 0.2) is 5.11 Å². The van der Waals surface area contributed by atoms with Crippen LogP contribution in [0, 0.1) is 0 Å². The molecule has 0 aliphatic carbocycles. The molecule has 0 saturated carbocycles. The van der Waals surface area contributed by atoms with E-state index in [2.05, 4.69) is 31.7 Å². The summed E-state index contributed by atoms with van der Waals surface area (Å²) in [5.74, 6) is -0.434. The lowest BCUT2D eigenvalue weighted by molar-refractivity contribution is -0.119. The molecule has 184 valence electrons. The molecule has 0 unspecified atom stereocenters. The van der Waals surface area contributed by atoms with E-state index in [0.717, 1.165) is 44.0 Å². The van der Waals surface area contributed by atoms with Crippen molar-refractivity contribution in [2.24, 2.45) is 0 Å². The van der Waals surface area contributed by atoms with Crippen molar-refractivity contribution in [1.82, 2.24) is 20.9 Å². The van der Waals surface area contributed by atoms with E-state index < -0.39 is 0 Å². The number of hydrogen-bond donors (Lipinski definition) is 4. The van der Waals surface area contributed by atoms with Crippen molar-refractivity contribution < 1.29 is 9.59 Å². The number of hydrazine groups is 1. The molecule has 4 N–H and O–H groups in total. The fourth-order valence-corrected chi connectivity index (χ4v) is 4.65. The van der Waals surface area contributed by atoms with Crippen LogP contribution in [0.4, 0.5) is 10.3 Å². The summed E-state index contributed by atoms with van der Waals surface area (Å²) < 4.78 is 0. The molecule has 0 bridgehead atoms. The largest absolute Gasteiger partial charge is 0.302 e. The van der Waals surface area contributed by atoms with Gasteiger partial charge in [-0.3, -0.25) is 20.4 Å². The van der Waals surface area contributed by atoms with Crippen molar-refractivity contribution in [3.05, 3.63) is 96.1 Å². The standard InChI is InChI=1S/C27H22N6O2S2/c34-23(15-17-9-11-19-5-1-3-7-21(19)13-17)28-25(36)30-32-27-33-31-26(37-27)29-24(35)16-18-10-12-20-6-2-4-8-22(20)14-18/h1-14H,15-16H2,(H,32,33)(H,29,31,35)(H2,28,30,34,36). The minimum atomic E-state index is -0.242. The highest BCUT2D eigenvalue weighted by Crippen LogP contribution is 2.20. The number of amides is 2. The quantitative estimate of drug-likeness (QED) is 0.182. The Morgan fingerprint density at radius 2 is 1.24 bits per heavy atom. The van der Waals surface area contributed by atoms with Gasteiger partial charge in [-0.1, -0.05) is 96.3 Å². The van der Waals surface area contributed by atoms with Crippen molar-refractivity contribution in [2.45, 2.75) is 12.8 Å². The maximum Gasteiger partial charge on any atom is 0.230 e. The summed E-state index contributed by atoms with van der Waals surface area (Å²) in [5.41, 5.74) is 7.30. The van der Waals surface area contributed by atoms with Crippen LogP contribution in [0.1, 0.15) is 11.1 Å². The SMILES string of the molecule is O=C(Cc1ccc2ccccc2c1)NC(=S)NNc1nnc(NC(=O)Cc2ccc3ccccc3c2)s1. The molecule has 0 fully saturated rings. The zero-order valence-electron chi connectivity index (χ0n) is 19.5. The monoisotopic (exact) mass is 526 g/mol. The van der Waals surface area contributed by atoms with Gasteiger partial charge in [-0.25, -0.2) is 0 Å². The minimum Gasteiger partial charge on any atom is -0.302 e. The van der Waals surface area contributed by atoms with Crippen molar-refractivity contribution in [1.29, 1.82) is 0 Å². The molecule has 0 radical (unpaired) electrons. The van der Waals surface area contributed by atoms with Gasteiger partial charge >= 0.3 is 0 Å². The second kappa shape index (κ2) is 11.1. The number of fused-ring (bicyclic) bond motifs is 2. The number of nitrogens with one attached hydrogen (secondary N) is 4. The van der Waals surface area contributed by atoms with E-state index in [1.165, 1.54) is 0 Å². The second-order valence-corrected chi connectivity index (χ2v) is 9.69. The van der Waals surface area contributed by atoms with Crippen LogP contribution in [0.2, 0.25) is 0 Å². The fourth-order valence-electron chi connectivity index (χ4n) is 3.87. The van der Waals surface area contributed by atoms with E-state index >= 15 is 0 Å². The Balaban J connectivity index is 1.08. The summed E-state index contributed by atoms with van der Waals surface area (Å²) in [5, 5.41) is 18.6. The third-order valence-electron chi connectivity index (χ3n) is 5.56. The van der Waals surface area contributed by atoms with Gasteiger partial charge in [0.05, 0.1) is 12.8 Å². The lowest BCUT2D eigenvalue weighted by Gasteiger charge is -2.09. The van der Waals surface area contributed by atoms with Gasteiger partial charge in [0.25, 0.3) is 0 Å². The van der Waals surface area contributed by atoms with Gasteiger partial charge < -0.3 is 10.6 Å². The molecule has 0 aliphatic heterocycles. The summed E-state index contributed by atoms with van der Waals surface area (Å²) in [4.78, 5) is 24.8. The van der Waals surface area contributed by atoms with Crippen LogP contribution in [0.25, 0.3) is 21.5 Å². The Labute approximate surface area is 222 Å². The van der Waals surface area contributed by atoms with E-state index in [-0.39, 0.29) is 29.8 Å². The molecular formula is C27H22N6O2S2. The van der Waals surface area contributed by atoms with Gasteiger partial charge in [0, 0.05) is 0 Å². The van der Waals surface area contributed by atoms with Crippen molar-refractivity contribution in [3.63, 3.8) is 0 Å². The number of benzene rings is 4. The van der Waals surface area contributed by atoms with Gasteiger partial charge in [-0.15, -0.1) is 10.2 Å². The molecule has 2 amide bonds. The Hall–Kier alpha value is -4.41. The third-order valence-corrected chi connectivity index (χ3v) is 6.52. The molecule has 5 aromatic rings. The minimum absolute atomic E-state index is 0.0999. The molecule has 0 atom stereocenters. The first-order valence-corrected chi connectivity index (χ1v) is 12.7. The first-order valence-electron chi connectivity index (χ1n) is 11.5. The number of carbonyl (C=O) groups is 2. The number of carbonyl (C=O) groups excluding carboxylic acids is 2. The van der Waals surface area contributed by atoms with E-state index in [0.29, 0.717) is 10.3 Å². The maximum atomic E-state index is 12.5. The molecule has 4 aromatic carbocycles. The number of anilines is 2. The van der Waals surface area contributed by atoms with Crippen LogP contribution in [-0.2, 0) is 22.4 Å². The van der Waals surface area contributed by atoms with Crippen LogP contribution in [0.15, 0.2) is 84.9 Å². The topological polar surface area (TPSA) is 108 Å². The van der Waals surface area contributed by atoms with E-state index in [1.54, 1.807) is 0 Å². The molecule has 0 spiro atoms. The highest BCUT2D eigenvalue weighted by atomic mass is 32.1. The van der Waals surface area contributed by atoms with Crippen LogP contribution < -0.4 is 21.5 Å². The number of aromatic nitrogens is 2. The molecule has 0 aliphatic rings. The molecule has 8 nitrogen and oxygen atoms in total. The molecule has 0 saturated heterocycles. The predicted molar refractivity (Wildman–Crippen MR) is 151 cm³/mol. The van der Waals surface area contributed by atoms with Crippen LogP contribution in [0.5, 0.6) is 0 Å². The summed E-state index contributed by atoms with van der Waals surface area (Å²) in [6.45, 7) is 0. The number of rotatable bonds is 7. The molecule has 1 aromatic heterocycles. The van der Waals surface area contributed by atoms with E-state index in [4.69, 9.17) is 12.2 Å². The average Bonchev–Trinajstić information content (AvgIpc) is 3.34. The Kier molecular flexibility index (Phi) is 7.29. The number of thiocarbonyl (C=S) groups is 1. The summed E-state index contributed by atoms with van der Waals surface area (Å²) in [6, 6.07) is 27.8. The van der Waals surface area contributed by atoms with Gasteiger partial charge in [-0.2, -0.15) is 0 Å². The van der Waals surface area contributed by atoms with Crippen molar-refractivity contribution in [3.8, 4) is 0 Å². The molecule has 1 heterocycles. The lowest BCUT2D eigenvalue weighted by Crippen LogP contribution is -2.42. The second-order valence-electron chi connectivity index (χ2n) is 8.30. The first kappa shape index (κ1) is 24.3. The summed E-state index contributed by atoms with van der Waals surface area (Å²) >= 11 is 6.33. The number of hydrogen-bond acceptors (Lipinski definition) is 7. The maximum absolute atomic E-state index is 12.5. The first-order chi connectivity index (χ1) is 18.0. The zero-order chi connectivity index (χ0) is 25.6. The third kappa shape index (κ3) is 6.43. The van der Waals surface area contributed by atoms with Crippen molar-refractivity contribution >= 4 is 72.3 Å². The fraction of sp³-hybridized carbons (Fsp3) is 0.0741. The molecule has 10 heteroatoms. The Morgan fingerprint density at radius 1 is 0.703 bits per heavy atom. The van der Waals surface area contributed by atoms with Crippen LogP contribution in [-0.4, -0.2) is 27.1 Å². The van der Waals surface area contributed by atoms with Gasteiger partial charge in [0.1, 0.15) is 0 Å². The van der Waals surface area contributed by atoms with Crippen LogP contribution >= 0.6 is 23.6 Å². The average molecular weight is 527 g/mol. The normalized spacial score (nSPS) is 10.7. The smallest absolute Gasteiger partial charge is 0.230 e. The van der Waals surface area contributed by atoms with Gasteiger partial charge in [0.2, 0.25) is 22.1 Å². The molecule has 37 heavy (non-hydrogen) atoms. The van der Waals surface area contributed by atoms with Crippen LogP contribution in [0.3, 0.4) is 0 Å². The van der Waals surface area contributed by atoms with E-state index in [1.807, 2.05) is 84.9 Å².